The van der Waals surface area contributed by atoms with Gasteiger partial charge < -0.3 is 9.84 Å². The smallest absolute Gasteiger partial charge is 0.307 e. The zero-order valence-corrected chi connectivity index (χ0v) is 9.19. The van der Waals surface area contributed by atoms with Crippen LogP contribution in [0.3, 0.4) is 0 Å². The molecule has 16 heavy (non-hydrogen) atoms. The quantitative estimate of drug-likeness (QED) is 0.848. The number of ether oxygens (including phenoxy) is 1. The fourth-order valence-electron chi connectivity index (χ4n) is 2.06. The summed E-state index contributed by atoms with van der Waals surface area (Å²) >= 11 is 0. The van der Waals surface area contributed by atoms with Gasteiger partial charge >= 0.3 is 5.97 Å². The van der Waals surface area contributed by atoms with E-state index in [-0.39, 0.29) is 6.42 Å². The Morgan fingerprint density at radius 2 is 1.88 bits per heavy atom. The molecule has 2 rings (SSSR count). The van der Waals surface area contributed by atoms with Crippen molar-refractivity contribution in [3.05, 3.63) is 29.8 Å². The molecule has 0 saturated heterocycles. The van der Waals surface area contributed by atoms with Crippen LogP contribution in [0.1, 0.15) is 31.2 Å². The third-order valence-corrected chi connectivity index (χ3v) is 2.88. The zero-order chi connectivity index (χ0) is 11.4. The molecular formula is C13H16O3. The summed E-state index contributed by atoms with van der Waals surface area (Å²) in [7, 11) is 0. The first kappa shape index (κ1) is 11.0. The topological polar surface area (TPSA) is 46.5 Å². The fraction of sp³-hybridized carbons (Fsp3) is 0.462. The van der Waals surface area contributed by atoms with Crippen molar-refractivity contribution in [3.63, 3.8) is 0 Å². The van der Waals surface area contributed by atoms with Crippen molar-refractivity contribution < 1.29 is 14.6 Å². The monoisotopic (exact) mass is 220 g/mol. The average Bonchev–Trinajstić information content (AvgIpc) is 2.73. The number of carboxylic acid groups (broad SMARTS) is 1. The van der Waals surface area contributed by atoms with Crippen LogP contribution in [0.2, 0.25) is 0 Å². The molecule has 1 aliphatic carbocycles. The molecule has 0 spiro atoms. The number of aliphatic carboxylic acids is 1. The highest BCUT2D eigenvalue weighted by molar-refractivity contribution is 5.70. The van der Waals surface area contributed by atoms with Crippen LogP contribution in [-0.4, -0.2) is 17.2 Å². The molecule has 1 saturated carbocycles. The molecule has 1 fully saturated rings. The summed E-state index contributed by atoms with van der Waals surface area (Å²) in [5, 5.41) is 8.63. The number of rotatable bonds is 4. The molecule has 86 valence electrons. The summed E-state index contributed by atoms with van der Waals surface area (Å²) in [6.45, 7) is 0. The summed E-state index contributed by atoms with van der Waals surface area (Å²) in [5.74, 6) is 0.0468. The normalized spacial score (nSPS) is 16.2. The Morgan fingerprint density at radius 3 is 2.44 bits per heavy atom. The molecule has 0 radical (unpaired) electrons. The SMILES string of the molecule is O=C(O)Cc1ccc(OC2CCCC2)cc1. The first-order valence-corrected chi connectivity index (χ1v) is 5.71. The van der Waals surface area contributed by atoms with Crippen molar-refractivity contribution >= 4 is 5.97 Å². The van der Waals surface area contributed by atoms with E-state index in [2.05, 4.69) is 0 Å². The van der Waals surface area contributed by atoms with Crippen LogP contribution in [0.4, 0.5) is 0 Å². The predicted octanol–water partition coefficient (Wildman–Crippen LogP) is 2.64. The molecule has 3 heteroatoms. The van der Waals surface area contributed by atoms with Gasteiger partial charge in [0.05, 0.1) is 12.5 Å². The summed E-state index contributed by atoms with van der Waals surface area (Å²) in [4.78, 5) is 10.5. The standard InChI is InChI=1S/C13H16O3/c14-13(15)9-10-5-7-12(8-6-10)16-11-3-1-2-4-11/h5-8,11H,1-4,9H2,(H,14,15). The van der Waals surface area contributed by atoms with E-state index in [0.29, 0.717) is 6.10 Å². The molecular weight excluding hydrogens is 204 g/mol. The van der Waals surface area contributed by atoms with Crippen LogP contribution in [0.5, 0.6) is 5.75 Å². The van der Waals surface area contributed by atoms with Crippen molar-refractivity contribution in [2.45, 2.75) is 38.2 Å². The van der Waals surface area contributed by atoms with Gasteiger partial charge in [-0.25, -0.2) is 0 Å². The van der Waals surface area contributed by atoms with E-state index in [1.807, 2.05) is 24.3 Å². The van der Waals surface area contributed by atoms with Crippen LogP contribution < -0.4 is 4.74 Å². The molecule has 3 nitrogen and oxygen atoms in total. The number of hydrogen-bond donors (Lipinski definition) is 1. The van der Waals surface area contributed by atoms with Gasteiger partial charge in [0.1, 0.15) is 5.75 Å². The summed E-state index contributed by atoms with van der Waals surface area (Å²) in [6.07, 6.45) is 5.20. The Hall–Kier alpha value is -1.51. The van der Waals surface area contributed by atoms with Crippen LogP contribution in [0, 0.1) is 0 Å². The molecule has 0 bridgehead atoms. The van der Waals surface area contributed by atoms with E-state index in [9.17, 15) is 4.79 Å². The maximum absolute atomic E-state index is 10.5. The van der Waals surface area contributed by atoms with Crippen LogP contribution >= 0.6 is 0 Å². The van der Waals surface area contributed by atoms with Gasteiger partial charge in [0.2, 0.25) is 0 Å². The van der Waals surface area contributed by atoms with Gasteiger partial charge in [-0.2, -0.15) is 0 Å². The Bertz CT molecular complexity index is 350. The molecule has 1 N–H and O–H groups in total. The van der Waals surface area contributed by atoms with Crippen LogP contribution in [-0.2, 0) is 11.2 Å². The second kappa shape index (κ2) is 5.01. The Balaban J connectivity index is 1.93. The van der Waals surface area contributed by atoms with Gasteiger partial charge in [0, 0.05) is 0 Å². The summed E-state index contributed by atoms with van der Waals surface area (Å²) in [6, 6.07) is 7.35. The van der Waals surface area contributed by atoms with Crippen molar-refractivity contribution in [1.29, 1.82) is 0 Å². The molecule has 1 aromatic carbocycles. The number of carbonyl (C=O) groups is 1. The molecule has 0 unspecified atom stereocenters. The highest BCUT2D eigenvalue weighted by Gasteiger charge is 2.16. The number of benzene rings is 1. The lowest BCUT2D eigenvalue weighted by molar-refractivity contribution is -0.136. The van der Waals surface area contributed by atoms with Crippen LogP contribution in [0.25, 0.3) is 0 Å². The van der Waals surface area contributed by atoms with Gasteiger partial charge in [-0.1, -0.05) is 12.1 Å². The first-order chi connectivity index (χ1) is 7.74. The predicted molar refractivity (Wildman–Crippen MR) is 60.7 cm³/mol. The van der Waals surface area contributed by atoms with Crippen LogP contribution in [0.15, 0.2) is 24.3 Å². The van der Waals surface area contributed by atoms with E-state index < -0.39 is 5.97 Å². The molecule has 0 atom stereocenters. The Morgan fingerprint density at radius 1 is 1.25 bits per heavy atom. The lowest BCUT2D eigenvalue weighted by atomic mass is 10.1. The maximum Gasteiger partial charge on any atom is 0.307 e. The Kier molecular flexibility index (Phi) is 3.44. The second-order valence-electron chi connectivity index (χ2n) is 4.24. The minimum atomic E-state index is -0.801. The highest BCUT2D eigenvalue weighted by atomic mass is 16.5. The van der Waals surface area contributed by atoms with E-state index in [0.717, 1.165) is 24.2 Å². The molecule has 1 aliphatic rings. The van der Waals surface area contributed by atoms with E-state index in [4.69, 9.17) is 9.84 Å². The van der Waals surface area contributed by atoms with Crippen molar-refractivity contribution in [2.75, 3.05) is 0 Å². The highest BCUT2D eigenvalue weighted by Crippen LogP contribution is 2.24. The van der Waals surface area contributed by atoms with Crippen molar-refractivity contribution in [2.24, 2.45) is 0 Å². The van der Waals surface area contributed by atoms with Gasteiger partial charge in [0.25, 0.3) is 0 Å². The molecule has 0 aliphatic heterocycles. The largest absolute Gasteiger partial charge is 0.490 e. The molecule has 0 heterocycles. The number of hydrogen-bond acceptors (Lipinski definition) is 2. The lowest BCUT2D eigenvalue weighted by Gasteiger charge is -2.12. The van der Waals surface area contributed by atoms with E-state index in [1.54, 1.807) is 0 Å². The molecule has 0 amide bonds. The van der Waals surface area contributed by atoms with Gasteiger partial charge in [0.15, 0.2) is 0 Å². The fourth-order valence-corrected chi connectivity index (χ4v) is 2.06. The molecule has 1 aromatic rings. The summed E-state index contributed by atoms with van der Waals surface area (Å²) < 4.78 is 5.79. The Labute approximate surface area is 95.0 Å². The number of carboxylic acids is 1. The first-order valence-electron chi connectivity index (χ1n) is 5.71. The zero-order valence-electron chi connectivity index (χ0n) is 9.19. The lowest BCUT2D eigenvalue weighted by Crippen LogP contribution is -2.10. The third-order valence-electron chi connectivity index (χ3n) is 2.88. The van der Waals surface area contributed by atoms with Gasteiger partial charge in [-0.15, -0.1) is 0 Å². The maximum atomic E-state index is 10.5. The third kappa shape index (κ3) is 2.99. The minimum Gasteiger partial charge on any atom is -0.490 e. The van der Waals surface area contributed by atoms with Crippen molar-refractivity contribution in [1.82, 2.24) is 0 Å². The second-order valence-corrected chi connectivity index (χ2v) is 4.24. The van der Waals surface area contributed by atoms with Crippen molar-refractivity contribution in [3.8, 4) is 5.75 Å². The van der Waals surface area contributed by atoms with E-state index in [1.165, 1.54) is 12.8 Å². The van der Waals surface area contributed by atoms with Gasteiger partial charge in [-0.3, -0.25) is 4.79 Å². The van der Waals surface area contributed by atoms with E-state index >= 15 is 0 Å². The van der Waals surface area contributed by atoms with Gasteiger partial charge in [-0.05, 0) is 43.4 Å². The minimum absolute atomic E-state index is 0.0731. The average molecular weight is 220 g/mol. The summed E-state index contributed by atoms with van der Waals surface area (Å²) in [5.41, 5.74) is 0.811. The molecule has 0 aromatic heterocycles.